The van der Waals surface area contributed by atoms with Crippen LogP contribution < -0.4 is 10.1 Å². The molecule has 5 heteroatoms. The second kappa shape index (κ2) is 6.15. The predicted octanol–water partition coefficient (Wildman–Crippen LogP) is 3.79. The van der Waals surface area contributed by atoms with Gasteiger partial charge in [0.15, 0.2) is 5.13 Å². The Kier molecular flexibility index (Phi) is 4.06. The largest absolute Gasteiger partial charge is 0.497 e. The third-order valence-corrected chi connectivity index (χ3v) is 4.25. The first-order valence-electron chi connectivity index (χ1n) is 6.94. The smallest absolute Gasteiger partial charge is 0.230 e. The molecule has 0 radical (unpaired) electrons. The Labute approximate surface area is 132 Å². The summed E-state index contributed by atoms with van der Waals surface area (Å²) in [6, 6.07) is 13.5. The summed E-state index contributed by atoms with van der Waals surface area (Å²) >= 11 is 1.49. The average Bonchev–Trinajstić information content (AvgIpc) is 2.89. The molecule has 22 heavy (non-hydrogen) atoms. The van der Waals surface area contributed by atoms with Crippen LogP contribution in [-0.4, -0.2) is 18.0 Å². The van der Waals surface area contributed by atoms with Gasteiger partial charge in [0.1, 0.15) is 5.75 Å². The maximum Gasteiger partial charge on any atom is 0.230 e. The van der Waals surface area contributed by atoms with Crippen LogP contribution in [0.15, 0.2) is 42.5 Å². The molecule has 112 valence electrons. The highest BCUT2D eigenvalue weighted by Gasteiger charge is 2.09. The van der Waals surface area contributed by atoms with Gasteiger partial charge in [0.25, 0.3) is 0 Å². The topological polar surface area (TPSA) is 51.2 Å². The molecule has 0 aliphatic heterocycles. The van der Waals surface area contributed by atoms with Crippen LogP contribution in [0, 0.1) is 6.92 Å². The van der Waals surface area contributed by atoms with Crippen molar-refractivity contribution in [3.8, 4) is 5.75 Å². The molecule has 3 rings (SSSR count). The van der Waals surface area contributed by atoms with Crippen molar-refractivity contribution in [1.29, 1.82) is 0 Å². The highest BCUT2D eigenvalue weighted by molar-refractivity contribution is 7.22. The van der Waals surface area contributed by atoms with Crippen LogP contribution in [0.5, 0.6) is 5.75 Å². The Morgan fingerprint density at radius 2 is 2.00 bits per heavy atom. The first kappa shape index (κ1) is 14.5. The van der Waals surface area contributed by atoms with E-state index >= 15 is 0 Å². The number of rotatable bonds is 4. The number of carbonyl (C=O) groups excluding carboxylic acids is 1. The van der Waals surface area contributed by atoms with Crippen molar-refractivity contribution in [3.05, 3.63) is 53.6 Å². The van der Waals surface area contributed by atoms with Crippen LogP contribution in [-0.2, 0) is 11.2 Å². The van der Waals surface area contributed by atoms with Crippen LogP contribution in [0.1, 0.15) is 11.1 Å². The van der Waals surface area contributed by atoms with E-state index in [4.69, 9.17) is 4.74 Å². The fraction of sp³-hybridized carbons (Fsp3) is 0.176. The van der Waals surface area contributed by atoms with Crippen molar-refractivity contribution < 1.29 is 9.53 Å². The van der Waals surface area contributed by atoms with Gasteiger partial charge in [-0.15, -0.1) is 0 Å². The van der Waals surface area contributed by atoms with Gasteiger partial charge in [0.2, 0.25) is 5.91 Å². The zero-order chi connectivity index (χ0) is 15.5. The minimum atomic E-state index is -0.0686. The van der Waals surface area contributed by atoms with E-state index in [1.54, 1.807) is 7.11 Å². The third-order valence-electron chi connectivity index (χ3n) is 3.31. The van der Waals surface area contributed by atoms with Crippen LogP contribution in [0.25, 0.3) is 10.2 Å². The van der Waals surface area contributed by atoms with Gasteiger partial charge < -0.3 is 10.1 Å². The summed E-state index contributed by atoms with van der Waals surface area (Å²) in [6.45, 7) is 2.04. The Bertz CT molecular complexity index is 809. The molecule has 0 fully saturated rings. The standard InChI is InChI=1S/C17H16N2O2S/c1-11-3-8-14-15(9-11)22-17(18-14)19-16(20)10-12-4-6-13(21-2)7-5-12/h3-9H,10H2,1-2H3,(H,18,19,20). The number of nitrogens with one attached hydrogen (secondary N) is 1. The van der Waals surface area contributed by atoms with Gasteiger partial charge in [0, 0.05) is 0 Å². The van der Waals surface area contributed by atoms with Crippen molar-refractivity contribution in [2.45, 2.75) is 13.3 Å². The number of hydrogen-bond donors (Lipinski definition) is 1. The van der Waals surface area contributed by atoms with Gasteiger partial charge in [-0.2, -0.15) is 0 Å². The number of aromatic nitrogens is 1. The van der Waals surface area contributed by atoms with E-state index in [9.17, 15) is 4.79 Å². The fourth-order valence-corrected chi connectivity index (χ4v) is 3.16. The monoisotopic (exact) mass is 312 g/mol. The second-order valence-electron chi connectivity index (χ2n) is 5.06. The summed E-state index contributed by atoms with van der Waals surface area (Å²) in [5.41, 5.74) is 3.04. The summed E-state index contributed by atoms with van der Waals surface area (Å²) in [5, 5.41) is 3.50. The van der Waals surface area contributed by atoms with Crippen molar-refractivity contribution in [1.82, 2.24) is 4.98 Å². The summed E-state index contributed by atoms with van der Waals surface area (Å²) in [4.78, 5) is 16.5. The summed E-state index contributed by atoms with van der Waals surface area (Å²) in [7, 11) is 1.62. The lowest BCUT2D eigenvalue weighted by Crippen LogP contribution is -2.14. The van der Waals surface area contributed by atoms with Crippen LogP contribution in [0.4, 0.5) is 5.13 Å². The number of hydrogen-bond acceptors (Lipinski definition) is 4. The molecule has 0 spiro atoms. The molecule has 1 heterocycles. The first-order valence-corrected chi connectivity index (χ1v) is 7.75. The van der Waals surface area contributed by atoms with Gasteiger partial charge >= 0.3 is 0 Å². The van der Waals surface area contributed by atoms with Crippen molar-refractivity contribution in [3.63, 3.8) is 0 Å². The number of aryl methyl sites for hydroxylation is 1. The molecule has 3 aromatic rings. The maximum absolute atomic E-state index is 12.1. The molecule has 4 nitrogen and oxygen atoms in total. The summed E-state index contributed by atoms with van der Waals surface area (Å²) in [6.07, 6.45) is 0.318. The second-order valence-corrected chi connectivity index (χ2v) is 6.09. The summed E-state index contributed by atoms with van der Waals surface area (Å²) in [5.74, 6) is 0.714. The highest BCUT2D eigenvalue weighted by Crippen LogP contribution is 2.26. The number of amides is 1. The van der Waals surface area contributed by atoms with E-state index in [1.807, 2.05) is 43.3 Å². The number of anilines is 1. The number of nitrogens with zero attached hydrogens (tertiary/aromatic N) is 1. The molecule has 1 aromatic heterocycles. The molecule has 1 amide bonds. The molecule has 0 unspecified atom stereocenters. The highest BCUT2D eigenvalue weighted by atomic mass is 32.1. The zero-order valence-electron chi connectivity index (χ0n) is 12.4. The summed E-state index contributed by atoms with van der Waals surface area (Å²) < 4.78 is 6.19. The van der Waals surface area contributed by atoms with Crippen LogP contribution >= 0.6 is 11.3 Å². The number of fused-ring (bicyclic) bond motifs is 1. The normalized spacial score (nSPS) is 10.6. The molecule has 0 aliphatic rings. The molecule has 0 saturated carbocycles. The number of benzene rings is 2. The number of methoxy groups -OCH3 is 1. The molecule has 0 bridgehead atoms. The Hall–Kier alpha value is -2.40. The van der Waals surface area contributed by atoms with E-state index in [0.717, 1.165) is 21.5 Å². The minimum Gasteiger partial charge on any atom is -0.497 e. The third kappa shape index (κ3) is 3.26. The first-order chi connectivity index (χ1) is 10.6. The number of thiazole rings is 1. The van der Waals surface area contributed by atoms with E-state index in [2.05, 4.69) is 16.4 Å². The SMILES string of the molecule is COc1ccc(CC(=O)Nc2nc3ccc(C)cc3s2)cc1. The lowest BCUT2D eigenvalue weighted by atomic mass is 10.1. The van der Waals surface area contributed by atoms with E-state index in [-0.39, 0.29) is 5.91 Å². The molecular formula is C17H16N2O2S. The molecule has 0 atom stereocenters. The number of carbonyl (C=O) groups is 1. The van der Waals surface area contributed by atoms with Crippen molar-refractivity contribution >= 4 is 32.6 Å². The lowest BCUT2D eigenvalue weighted by molar-refractivity contribution is -0.115. The van der Waals surface area contributed by atoms with Crippen molar-refractivity contribution in [2.24, 2.45) is 0 Å². The quantitative estimate of drug-likeness (QED) is 0.797. The Balaban J connectivity index is 1.69. The Morgan fingerprint density at radius 1 is 1.23 bits per heavy atom. The Morgan fingerprint density at radius 3 is 2.73 bits per heavy atom. The lowest BCUT2D eigenvalue weighted by Gasteiger charge is -2.03. The van der Waals surface area contributed by atoms with Gasteiger partial charge in [-0.3, -0.25) is 4.79 Å². The molecule has 2 aromatic carbocycles. The number of ether oxygens (including phenoxy) is 1. The van der Waals surface area contributed by atoms with E-state index < -0.39 is 0 Å². The fourth-order valence-electron chi connectivity index (χ4n) is 2.18. The predicted molar refractivity (Wildman–Crippen MR) is 89.7 cm³/mol. The van der Waals surface area contributed by atoms with Gasteiger partial charge in [-0.1, -0.05) is 29.5 Å². The van der Waals surface area contributed by atoms with Crippen LogP contribution in [0.2, 0.25) is 0 Å². The van der Waals surface area contributed by atoms with E-state index in [1.165, 1.54) is 16.9 Å². The van der Waals surface area contributed by atoms with Gasteiger partial charge in [-0.05, 0) is 42.3 Å². The van der Waals surface area contributed by atoms with Crippen LogP contribution in [0.3, 0.4) is 0 Å². The van der Waals surface area contributed by atoms with Gasteiger partial charge in [-0.25, -0.2) is 4.98 Å². The average molecular weight is 312 g/mol. The molecule has 0 saturated heterocycles. The maximum atomic E-state index is 12.1. The molecule has 0 aliphatic carbocycles. The van der Waals surface area contributed by atoms with Crippen molar-refractivity contribution in [2.75, 3.05) is 12.4 Å². The minimum absolute atomic E-state index is 0.0686. The van der Waals surface area contributed by atoms with E-state index in [0.29, 0.717) is 11.6 Å². The van der Waals surface area contributed by atoms with Gasteiger partial charge in [0.05, 0.1) is 23.7 Å². The molecule has 1 N–H and O–H groups in total. The molecular weight excluding hydrogens is 296 g/mol. The zero-order valence-corrected chi connectivity index (χ0v) is 13.2.